The fourth-order valence-corrected chi connectivity index (χ4v) is 1.46. The fourth-order valence-electron chi connectivity index (χ4n) is 1.46. The molecule has 0 atom stereocenters. The summed E-state index contributed by atoms with van der Waals surface area (Å²) in [4.78, 5) is 11.9. The Morgan fingerprint density at radius 1 is 1.47 bits per heavy atom. The molecule has 1 aromatic rings. The van der Waals surface area contributed by atoms with Crippen molar-refractivity contribution in [1.82, 2.24) is 4.57 Å². The second kappa shape index (κ2) is 7.50. The summed E-state index contributed by atoms with van der Waals surface area (Å²) in [6.07, 6.45) is 4.88. The van der Waals surface area contributed by atoms with Crippen LogP contribution >= 0.6 is 0 Å². The molecule has 0 fully saturated rings. The fraction of sp³-hybridized carbons (Fsp3) is 0.538. The molecule has 0 bridgehead atoms. The Labute approximate surface area is 101 Å². The maximum atomic E-state index is 11.9. The Morgan fingerprint density at radius 3 is 3.00 bits per heavy atom. The third kappa shape index (κ3) is 4.31. The second-order valence-electron chi connectivity index (χ2n) is 3.83. The molecule has 0 saturated heterocycles. The van der Waals surface area contributed by atoms with Gasteiger partial charge < -0.3 is 9.30 Å². The smallest absolute Gasteiger partial charge is 0.292 e. The molecular formula is C13H18N2O2. The number of nitrogens with zero attached hydrogens (tertiary/aromatic N) is 2. The molecular weight excluding hydrogens is 216 g/mol. The minimum Gasteiger partial charge on any atom is -0.488 e. The molecule has 0 N–H and O–H groups in total. The third-order valence-electron chi connectivity index (χ3n) is 2.43. The zero-order valence-electron chi connectivity index (χ0n) is 10.2. The van der Waals surface area contributed by atoms with Crippen molar-refractivity contribution in [2.24, 2.45) is 0 Å². The zero-order chi connectivity index (χ0) is 12.5. The van der Waals surface area contributed by atoms with Crippen LogP contribution in [0.1, 0.15) is 32.6 Å². The average molecular weight is 234 g/mol. The number of rotatable bonds is 7. The highest BCUT2D eigenvalue weighted by atomic mass is 16.5. The highest BCUT2D eigenvalue weighted by molar-refractivity contribution is 5.17. The highest BCUT2D eigenvalue weighted by Gasteiger charge is 2.03. The normalized spacial score (nSPS) is 9.88. The second-order valence-corrected chi connectivity index (χ2v) is 3.83. The number of unbranched alkanes of at least 4 members (excludes halogenated alkanes) is 2. The summed E-state index contributed by atoms with van der Waals surface area (Å²) in [5, 5.41) is 8.45. The predicted molar refractivity (Wildman–Crippen MR) is 66.0 cm³/mol. The van der Waals surface area contributed by atoms with E-state index in [0.717, 1.165) is 12.8 Å². The van der Waals surface area contributed by atoms with Gasteiger partial charge in [0.15, 0.2) is 5.75 Å². The molecule has 92 valence electrons. The van der Waals surface area contributed by atoms with Crippen LogP contribution in [0, 0.1) is 11.3 Å². The van der Waals surface area contributed by atoms with Crippen LogP contribution in [-0.2, 0) is 6.54 Å². The van der Waals surface area contributed by atoms with E-state index >= 15 is 0 Å². The largest absolute Gasteiger partial charge is 0.488 e. The molecule has 0 aliphatic carbocycles. The van der Waals surface area contributed by atoms with Crippen molar-refractivity contribution >= 4 is 0 Å². The lowest BCUT2D eigenvalue weighted by molar-refractivity contribution is 0.302. The van der Waals surface area contributed by atoms with Crippen LogP contribution in [0.2, 0.25) is 0 Å². The van der Waals surface area contributed by atoms with Crippen LogP contribution in [0.4, 0.5) is 0 Å². The summed E-state index contributed by atoms with van der Waals surface area (Å²) in [7, 11) is 0. The molecule has 1 rings (SSSR count). The van der Waals surface area contributed by atoms with Gasteiger partial charge in [-0.25, -0.2) is 0 Å². The van der Waals surface area contributed by atoms with Gasteiger partial charge in [-0.15, -0.1) is 0 Å². The monoisotopic (exact) mass is 234 g/mol. The predicted octanol–water partition coefficient (Wildman–Crippen LogP) is 2.33. The van der Waals surface area contributed by atoms with E-state index in [1.54, 1.807) is 22.9 Å². The average Bonchev–Trinajstić information content (AvgIpc) is 2.34. The van der Waals surface area contributed by atoms with E-state index in [0.29, 0.717) is 31.7 Å². The van der Waals surface area contributed by atoms with Gasteiger partial charge >= 0.3 is 0 Å². The first-order valence-corrected chi connectivity index (χ1v) is 5.98. The molecule has 4 heteroatoms. The lowest BCUT2D eigenvalue weighted by atomic mass is 10.3. The molecule has 4 nitrogen and oxygen atoms in total. The molecule has 0 aliphatic heterocycles. The van der Waals surface area contributed by atoms with E-state index in [2.05, 4.69) is 13.0 Å². The number of hydrogen-bond acceptors (Lipinski definition) is 3. The van der Waals surface area contributed by atoms with Gasteiger partial charge in [0.05, 0.1) is 12.7 Å². The van der Waals surface area contributed by atoms with Gasteiger partial charge in [-0.3, -0.25) is 4.79 Å². The quantitative estimate of drug-likeness (QED) is 0.680. The zero-order valence-corrected chi connectivity index (χ0v) is 10.2. The summed E-state index contributed by atoms with van der Waals surface area (Å²) in [5.41, 5.74) is -0.110. The first kappa shape index (κ1) is 13.3. The van der Waals surface area contributed by atoms with Crippen LogP contribution in [0.3, 0.4) is 0 Å². The van der Waals surface area contributed by atoms with Crippen LogP contribution in [0.15, 0.2) is 23.1 Å². The minimum absolute atomic E-state index is 0.110. The Kier molecular flexibility index (Phi) is 5.87. The number of aromatic nitrogens is 1. The molecule has 17 heavy (non-hydrogen) atoms. The Bertz CT molecular complexity index is 432. The van der Waals surface area contributed by atoms with Crippen molar-refractivity contribution in [1.29, 1.82) is 5.26 Å². The van der Waals surface area contributed by atoms with E-state index < -0.39 is 0 Å². The number of nitriles is 1. The highest BCUT2D eigenvalue weighted by Crippen LogP contribution is 2.04. The molecule has 0 aliphatic rings. The lowest BCUT2D eigenvalue weighted by Crippen LogP contribution is -2.21. The van der Waals surface area contributed by atoms with Gasteiger partial charge in [0, 0.05) is 19.2 Å². The summed E-state index contributed by atoms with van der Waals surface area (Å²) in [6.45, 7) is 3.22. The van der Waals surface area contributed by atoms with Gasteiger partial charge in [0.25, 0.3) is 5.56 Å². The molecule has 0 saturated carbocycles. The topological polar surface area (TPSA) is 55.0 Å². The van der Waals surface area contributed by atoms with Crippen LogP contribution in [0.5, 0.6) is 5.75 Å². The van der Waals surface area contributed by atoms with E-state index in [-0.39, 0.29) is 5.56 Å². The summed E-state index contributed by atoms with van der Waals surface area (Å²) >= 11 is 0. The number of pyridine rings is 1. The van der Waals surface area contributed by atoms with Crippen molar-refractivity contribution in [3.63, 3.8) is 0 Å². The molecule has 1 aromatic heterocycles. The van der Waals surface area contributed by atoms with Crippen molar-refractivity contribution in [3.8, 4) is 11.8 Å². The maximum absolute atomic E-state index is 11.9. The van der Waals surface area contributed by atoms with Gasteiger partial charge in [-0.2, -0.15) is 5.26 Å². The summed E-state index contributed by atoms with van der Waals surface area (Å²) in [6, 6.07) is 5.56. The standard InChI is InChI=1S/C13H18N2O2/c1-2-3-11-17-12-7-6-10-15(13(12)16)9-5-4-8-14/h6-7,10H,2-5,9,11H2,1H3. The Morgan fingerprint density at radius 2 is 2.29 bits per heavy atom. The number of ether oxygens (including phenoxy) is 1. The minimum atomic E-state index is -0.110. The van der Waals surface area contributed by atoms with E-state index in [9.17, 15) is 4.79 Å². The van der Waals surface area contributed by atoms with Crippen LogP contribution in [0.25, 0.3) is 0 Å². The van der Waals surface area contributed by atoms with Crippen LogP contribution in [-0.4, -0.2) is 11.2 Å². The Balaban J connectivity index is 2.64. The molecule has 0 unspecified atom stereocenters. The number of hydrogen-bond donors (Lipinski definition) is 0. The summed E-state index contributed by atoms with van der Waals surface area (Å²) < 4.78 is 7.02. The first-order chi connectivity index (χ1) is 8.29. The molecule has 0 amide bonds. The van der Waals surface area contributed by atoms with E-state index in [4.69, 9.17) is 10.00 Å². The molecule has 0 radical (unpaired) electrons. The molecule has 0 spiro atoms. The Hall–Kier alpha value is -1.76. The van der Waals surface area contributed by atoms with E-state index in [1.807, 2.05) is 0 Å². The maximum Gasteiger partial charge on any atom is 0.292 e. The summed E-state index contributed by atoms with van der Waals surface area (Å²) in [5.74, 6) is 0.401. The van der Waals surface area contributed by atoms with Gasteiger partial charge in [0.2, 0.25) is 0 Å². The lowest BCUT2D eigenvalue weighted by Gasteiger charge is -2.08. The first-order valence-electron chi connectivity index (χ1n) is 5.98. The van der Waals surface area contributed by atoms with Crippen LogP contribution < -0.4 is 10.3 Å². The van der Waals surface area contributed by atoms with Gasteiger partial charge in [0.1, 0.15) is 0 Å². The van der Waals surface area contributed by atoms with E-state index in [1.165, 1.54) is 0 Å². The van der Waals surface area contributed by atoms with Gasteiger partial charge in [-0.05, 0) is 25.0 Å². The van der Waals surface area contributed by atoms with Crippen molar-refractivity contribution in [2.75, 3.05) is 6.61 Å². The molecule has 0 aromatic carbocycles. The third-order valence-corrected chi connectivity index (χ3v) is 2.43. The SMILES string of the molecule is CCCCOc1cccn(CCCC#N)c1=O. The molecule has 1 heterocycles. The number of aryl methyl sites for hydroxylation is 1. The van der Waals surface area contributed by atoms with Crippen molar-refractivity contribution in [2.45, 2.75) is 39.2 Å². The van der Waals surface area contributed by atoms with Crippen molar-refractivity contribution < 1.29 is 4.74 Å². The van der Waals surface area contributed by atoms with Gasteiger partial charge in [-0.1, -0.05) is 13.3 Å². The van der Waals surface area contributed by atoms with Crippen molar-refractivity contribution in [3.05, 3.63) is 28.7 Å².